The van der Waals surface area contributed by atoms with Crippen LogP contribution in [0.15, 0.2) is 24.3 Å². The number of carbonyl (C=O) groups excluding carboxylic acids is 3. The van der Waals surface area contributed by atoms with Gasteiger partial charge in [-0.15, -0.1) is 0 Å². The van der Waals surface area contributed by atoms with Crippen molar-refractivity contribution in [3.8, 4) is 5.75 Å². The van der Waals surface area contributed by atoms with Gasteiger partial charge < -0.3 is 25.2 Å². The van der Waals surface area contributed by atoms with Gasteiger partial charge in [-0.3, -0.25) is 9.59 Å². The third-order valence-corrected chi connectivity index (χ3v) is 8.38. The van der Waals surface area contributed by atoms with Gasteiger partial charge in [0, 0.05) is 18.5 Å². The smallest absolute Gasteiger partial charge is 0.318 e. The van der Waals surface area contributed by atoms with Crippen molar-refractivity contribution in [2.45, 2.75) is 103 Å². The minimum Gasteiger partial charge on any atom is -0.486 e. The van der Waals surface area contributed by atoms with Gasteiger partial charge in [-0.2, -0.15) is 0 Å². The fourth-order valence-electron chi connectivity index (χ4n) is 6.15. The lowest BCUT2D eigenvalue weighted by atomic mass is 9.83. The van der Waals surface area contributed by atoms with Gasteiger partial charge in [-0.1, -0.05) is 33.1 Å². The number of halogens is 1. The molecule has 4 rings (SSSR count). The fourth-order valence-corrected chi connectivity index (χ4v) is 6.15. The Labute approximate surface area is 225 Å². The number of rotatable bonds is 8. The number of carbonyl (C=O) groups is 3. The molecule has 2 heterocycles. The van der Waals surface area contributed by atoms with E-state index in [0.29, 0.717) is 31.7 Å². The van der Waals surface area contributed by atoms with Crippen molar-refractivity contribution in [1.82, 2.24) is 20.4 Å². The summed E-state index contributed by atoms with van der Waals surface area (Å²) < 4.78 is 19.8. The minimum atomic E-state index is -0.583. The van der Waals surface area contributed by atoms with E-state index in [-0.39, 0.29) is 53.6 Å². The first kappa shape index (κ1) is 28.2. The van der Waals surface area contributed by atoms with E-state index in [9.17, 15) is 18.8 Å². The van der Waals surface area contributed by atoms with Crippen LogP contribution in [0.2, 0.25) is 0 Å². The van der Waals surface area contributed by atoms with E-state index in [0.717, 1.165) is 32.1 Å². The number of fused-ring (bicyclic) bond motifs is 1. The van der Waals surface area contributed by atoms with E-state index in [2.05, 4.69) is 10.6 Å². The van der Waals surface area contributed by atoms with Crippen LogP contribution in [0.4, 0.5) is 9.18 Å². The molecule has 1 aromatic carbocycles. The second-order valence-corrected chi connectivity index (χ2v) is 11.4. The van der Waals surface area contributed by atoms with Crippen molar-refractivity contribution in [2.24, 2.45) is 11.8 Å². The standard InChI is InChI=1S/C29H43FN4O4/c1-5-19(4)27(35)32-25(20-9-7-6-8-10-20)28(36)33-16-15-23-26(33)24(17-34(23)29(37)31-18(2)3)38-22-13-11-21(30)12-14-22/h11-14,18-20,23-26H,5-10,15-17H2,1-4H3,(H,31,37)(H,32,35)/t19-,23-,24+,25+,26+/m1/s1. The summed E-state index contributed by atoms with van der Waals surface area (Å²) in [7, 11) is 0. The van der Waals surface area contributed by atoms with E-state index in [1.165, 1.54) is 12.1 Å². The van der Waals surface area contributed by atoms with E-state index < -0.39 is 12.1 Å². The lowest BCUT2D eigenvalue weighted by Crippen LogP contribution is -2.57. The van der Waals surface area contributed by atoms with Crippen molar-refractivity contribution in [3.05, 3.63) is 30.1 Å². The molecule has 1 aliphatic carbocycles. The highest BCUT2D eigenvalue weighted by Crippen LogP contribution is 2.36. The van der Waals surface area contributed by atoms with Crippen LogP contribution in [-0.4, -0.2) is 71.0 Å². The Balaban J connectivity index is 1.60. The van der Waals surface area contributed by atoms with Gasteiger partial charge in [0.15, 0.2) is 0 Å². The van der Waals surface area contributed by atoms with E-state index in [1.807, 2.05) is 32.6 Å². The topological polar surface area (TPSA) is 91.0 Å². The molecule has 9 heteroatoms. The molecule has 2 N–H and O–H groups in total. The molecule has 0 unspecified atom stereocenters. The largest absolute Gasteiger partial charge is 0.486 e. The Morgan fingerprint density at radius 3 is 2.32 bits per heavy atom. The van der Waals surface area contributed by atoms with Crippen LogP contribution in [0.25, 0.3) is 0 Å². The first-order valence-corrected chi connectivity index (χ1v) is 14.3. The second-order valence-electron chi connectivity index (χ2n) is 11.4. The number of likely N-dealkylation sites (tertiary alicyclic amines) is 2. The van der Waals surface area contributed by atoms with Gasteiger partial charge >= 0.3 is 6.03 Å². The Hall–Kier alpha value is -2.84. The Kier molecular flexibility index (Phi) is 9.15. The van der Waals surface area contributed by atoms with E-state index in [4.69, 9.17) is 4.74 Å². The molecule has 1 aromatic rings. The van der Waals surface area contributed by atoms with Gasteiger partial charge in [0.1, 0.15) is 23.7 Å². The number of nitrogens with zero attached hydrogens (tertiary/aromatic N) is 2. The first-order valence-electron chi connectivity index (χ1n) is 14.3. The van der Waals surface area contributed by atoms with Crippen molar-refractivity contribution in [3.63, 3.8) is 0 Å². The van der Waals surface area contributed by atoms with Crippen LogP contribution in [0.3, 0.4) is 0 Å². The summed E-state index contributed by atoms with van der Waals surface area (Å²) >= 11 is 0. The number of hydrogen-bond acceptors (Lipinski definition) is 4. The van der Waals surface area contributed by atoms with Crippen molar-refractivity contribution in [1.29, 1.82) is 0 Å². The average molecular weight is 531 g/mol. The molecule has 0 radical (unpaired) electrons. The van der Waals surface area contributed by atoms with Crippen LogP contribution in [0.5, 0.6) is 5.75 Å². The molecular formula is C29H43FN4O4. The third kappa shape index (κ3) is 6.24. The second kappa shape index (κ2) is 12.3. The molecule has 0 aromatic heterocycles. The minimum absolute atomic E-state index is 0.0244. The van der Waals surface area contributed by atoms with Gasteiger partial charge in [0.05, 0.1) is 18.6 Å². The highest BCUT2D eigenvalue weighted by Gasteiger charge is 2.54. The van der Waals surface area contributed by atoms with Crippen molar-refractivity contribution < 1.29 is 23.5 Å². The SMILES string of the molecule is CC[C@@H](C)C(=O)N[C@H](C(=O)N1CC[C@@H]2[C@H]1[C@@H](Oc1ccc(F)cc1)CN2C(=O)NC(C)C)C1CCCCC1. The molecular weight excluding hydrogens is 487 g/mol. The van der Waals surface area contributed by atoms with Crippen LogP contribution in [-0.2, 0) is 9.59 Å². The molecule has 2 saturated heterocycles. The van der Waals surface area contributed by atoms with Crippen LogP contribution < -0.4 is 15.4 Å². The fraction of sp³-hybridized carbons (Fsp3) is 0.690. The molecule has 1 saturated carbocycles. The molecule has 210 valence electrons. The zero-order chi connectivity index (χ0) is 27.4. The number of benzene rings is 1. The van der Waals surface area contributed by atoms with Crippen LogP contribution in [0.1, 0.15) is 72.6 Å². The summed E-state index contributed by atoms with van der Waals surface area (Å²) in [6.45, 7) is 8.50. The summed E-state index contributed by atoms with van der Waals surface area (Å²) in [5.41, 5.74) is 0. The van der Waals surface area contributed by atoms with E-state index >= 15 is 0 Å². The predicted octanol–water partition coefficient (Wildman–Crippen LogP) is 4.09. The third-order valence-electron chi connectivity index (χ3n) is 8.38. The normalized spacial score (nSPS) is 25.2. The molecule has 3 fully saturated rings. The quantitative estimate of drug-likeness (QED) is 0.530. The van der Waals surface area contributed by atoms with Gasteiger partial charge in [-0.05, 0) is 69.7 Å². The molecule has 38 heavy (non-hydrogen) atoms. The summed E-state index contributed by atoms with van der Waals surface area (Å²) in [5.74, 6) is -0.104. The van der Waals surface area contributed by atoms with Crippen molar-refractivity contribution in [2.75, 3.05) is 13.1 Å². The van der Waals surface area contributed by atoms with Crippen LogP contribution in [0, 0.1) is 17.7 Å². The summed E-state index contributed by atoms with van der Waals surface area (Å²) in [6, 6.07) is 4.49. The maximum atomic E-state index is 14.2. The molecule has 3 aliphatic rings. The Morgan fingerprint density at radius 1 is 1.00 bits per heavy atom. The Bertz CT molecular complexity index is 981. The first-order chi connectivity index (χ1) is 18.2. The molecule has 2 aliphatic heterocycles. The highest BCUT2D eigenvalue weighted by molar-refractivity contribution is 5.89. The summed E-state index contributed by atoms with van der Waals surface area (Å²) in [6.07, 6.45) is 5.97. The molecule has 0 bridgehead atoms. The maximum Gasteiger partial charge on any atom is 0.318 e. The number of hydrogen-bond donors (Lipinski definition) is 2. The number of amides is 4. The number of nitrogens with one attached hydrogen (secondary N) is 2. The molecule has 0 spiro atoms. The zero-order valence-corrected chi connectivity index (χ0v) is 23.1. The average Bonchev–Trinajstić information content (AvgIpc) is 3.49. The number of ether oxygens (including phenoxy) is 1. The van der Waals surface area contributed by atoms with Crippen LogP contribution >= 0.6 is 0 Å². The molecule has 5 atom stereocenters. The zero-order valence-electron chi connectivity index (χ0n) is 23.1. The van der Waals surface area contributed by atoms with E-state index in [1.54, 1.807) is 17.0 Å². The lowest BCUT2D eigenvalue weighted by molar-refractivity contribution is -0.141. The highest BCUT2D eigenvalue weighted by atomic mass is 19.1. The molecule has 8 nitrogen and oxygen atoms in total. The predicted molar refractivity (Wildman–Crippen MR) is 143 cm³/mol. The van der Waals surface area contributed by atoms with Gasteiger partial charge in [-0.25, -0.2) is 9.18 Å². The number of urea groups is 1. The van der Waals surface area contributed by atoms with Gasteiger partial charge in [0.2, 0.25) is 11.8 Å². The monoisotopic (exact) mass is 530 g/mol. The lowest BCUT2D eigenvalue weighted by Gasteiger charge is -2.36. The van der Waals surface area contributed by atoms with Crippen molar-refractivity contribution >= 4 is 17.8 Å². The summed E-state index contributed by atoms with van der Waals surface area (Å²) in [5, 5.41) is 6.09. The van der Waals surface area contributed by atoms with Gasteiger partial charge in [0.25, 0.3) is 0 Å². The summed E-state index contributed by atoms with van der Waals surface area (Å²) in [4.78, 5) is 43.9. The Morgan fingerprint density at radius 2 is 1.68 bits per heavy atom. The maximum absolute atomic E-state index is 14.2. The molecule has 4 amide bonds.